The number of carbonyl (C=O) groups is 1. The second-order valence-corrected chi connectivity index (χ2v) is 7.60. The third-order valence-electron chi connectivity index (χ3n) is 5.28. The van der Waals surface area contributed by atoms with Crippen molar-refractivity contribution in [1.29, 1.82) is 0 Å². The molecule has 1 fully saturated rings. The minimum Gasteiger partial charge on any atom is -0.493 e. The number of aliphatic imine (C=N–C) groups is 1. The van der Waals surface area contributed by atoms with Crippen LogP contribution in [0.2, 0.25) is 0 Å². The number of nitrogens with zero attached hydrogens (tertiary/aromatic N) is 2. The van der Waals surface area contributed by atoms with E-state index in [2.05, 4.69) is 15.2 Å². The SMILES string of the molecule is COc1cccc(C=Nc2ccc(N3CCOCC3)cc2)c1OCC(=O)Nc1ccc(F)cc1. The Balaban J connectivity index is 1.43. The summed E-state index contributed by atoms with van der Waals surface area (Å²) in [5.41, 5.74) is 3.09. The van der Waals surface area contributed by atoms with Crippen molar-refractivity contribution in [1.82, 2.24) is 0 Å². The predicted octanol–water partition coefficient (Wildman–Crippen LogP) is 4.44. The fraction of sp³-hybridized carbons (Fsp3) is 0.231. The quantitative estimate of drug-likeness (QED) is 0.500. The molecule has 34 heavy (non-hydrogen) atoms. The average Bonchev–Trinajstić information content (AvgIpc) is 2.88. The van der Waals surface area contributed by atoms with Crippen LogP contribution in [0.4, 0.5) is 21.5 Å². The molecule has 0 radical (unpaired) electrons. The summed E-state index contributed by atoms with van der Waals surface area (Å²) in [5.74, 6) is 0.149. The van der Waals surface area contributed by atoms with Crippen molar-refractivity contribution in [3.05, 3.63) is 78.1 Å². The molecule has 3 aromatic carbocycles. The van der Waals surface area contributed by atoms with E-state index in [1.807, 2.05) is 36.4 Å². The van der Waals surface area contributed by atoms with Gasteiger partial charge >= 0.3 is 0 Å². The summed E-state index contributed by atoms with van der Waals surface area (Å²) in [5, 5.41) is 2.67. The Labute approximate surface area is 197 Å². The van der Waals surface area contributed by atoms with Gasteiger partial charge in [0.1, 0.15) is 5.82 Å². The summed E-state index contributed by atoms with van der Waals surface area (Å²) in [6, 6.07) is 18.9. The summed E-state index contributed by atoms with van der Waals surface area (Å²) in [4.78, 5) is 19.1. The lowest BCUT2D eigenvalue weighted by atomic mass is 10.2. The normalized spacial score (nSPS) is 13.6. The number of morpholine rings is 1. The third-order valence-corrected chi connectivity index (χ3v) is 5.28. The Morgan fingerprint density at radius 3 is 2.53 bits per heavy atom. The number of hydrogen-bond acceptors (Lipinski definition) is 6. The summed E-state index contributed by atoms with van der Waals surface area (Å²) >= 11 is 0. The van der Waals surface area contributed by atoms with Crippen LogP contribution in [0, 0.1) is 5.82 Å². The van der Waals surface area contributed by atoms with Gasteiger partial charge in [0.05, 0.1) is 26.0 Å². The number of rotatable bonds is 8. The highest BCUT2D eigenvalue weighted by Crippen LogP contribution is 2.31. The number of amides is 1. The molecular weight excluding hydrogens is 437 g/mol. The number of para-hydroxylation sites is 1. The number of anilines is 2. The number of carbonyl (C=O) groups excluding carboxylic acids is 1. The summed E-state index contributed by atoms with van der Waals surface area (Å²) < 4.78 is 29.6. The van der Waals surface area contributed by atoms with Gasteiger partial charge < -0.3 is 24.4 Å². The van der Waals surface area contributed by atoms with Crippen molar-refractivity contribution in [2.75, 3.05) is 50.2 Å². The molecule has 3 aromatic rings. The zero-order chi connectivity index (χ0) is 23.8. The zero-order valence-corrected chi connectivity index (χ0v) is 18.9. The first-order chi connectivity index (χ1) is 16.6. The Hall–Kier alpha value is -3.91. The van der Waals surface area contributed by atoms with E-state index in [1.165, 1.54) is 31.4 Å². The van der Waals surface area contributed by atoms with Crippen molar-refractivity contribution in [3.8, 4) is 11.5 Å². The second-order valence-electron chi connectivity index (χ2n) is 7.60. The molecule has 1 aliphatic rings. The van der Waals surface area contributed by atoms with Crippen molar-refractivity contribution in [2.45, 2.75) is 0 Å². The molecule has 1 aliphatic heterocycles. The number of nitrogens with one attached hydrogen (secondary N) is 1. The molecule has 4 rings (SSSR count). The third kappa shape index (κ3) is 6.11. The topological polar surface area (TPSA) is 72.4 Å². The lowest BCUT2D eigenvalue weighted by Crippen LogP contribution is -2.36. The van der Waals surface area contributed by atoms with E-state index in [-0.39, 0.29) is 18.3 Å². The number of benzene rings is 3. The van der Waals surface area contributed by atoms with Crippen LogP contribution in [0.1, 0.15) is 5.56 Å². The van der Waals surface area contributed by atoms with Gasteiger partial charge in [-0.3, -0.25) is 9.79 Å². The number of methoxy groups -OCH3 is 1. The highest BCUT2D eigenvalue weighted by molar-refractivity contribution is 5.92. The molecule has 0 aliphatic carbocycles. The van der Waals surface area contributed by atoms with Gasteiger partial charge in [-0.2, -0.15) is 0 Å². The van der Waals surface area contributed by atoms with Crippen molar-refractivity contribution < 1.29 is 23.4 Å². The van der Waals surface area contributed by atoms with Crippen LogP contribution in [-0.2, 0) is 9.53 Å². The van der Waals surface area contributed by atoms with Gasteiger partial charge in [0.25, 0.3) is 5.91 Å². The van der Waals surface area contributed by atoms with Gasteiger partial charge in [-0.05, 0) is 60.7 Å². The van der Waals surface area contributed by atoms with Gasteiger partial charge in [-0.1, -0.05) is 6.07 Å². The van der Waals surface area contributed by atoms with Crippen molar-refractivity contribution in [3.63, 3.8) is 0 Å². The highest BCUT2D eigenvalue weighted by Gasteiger charge is 2.13. The lowest BCUT2D eigenvalue weighted by Gasteiger charge is -2.28. The molecule has 0 atom stereocenters. The van der Waals surface area contributed by atoms with Gasteiger partial charge in [0, 0.05) is 36.2 Å². The van der Waals surface area contributed by atoms with Crippen molar-refractivity contribution >= 4 is 29.2 Å². The van der Waals surface area contributed by atoms with E-state index >= 15 is 0 Å². The predicted molar refractivity (Wildman–Crippen MR) is 130 cm³/mol. The van der Waals surface area contributed by atoms with Crippen molar-refractivity contribution in [2.24, 2.45) is 4.99 Å². The van der Waals surface area contributed by atoms with E-state index < -0.39 is 0 Å². The van der Waals surface area contributed by atoms with E-state index in [4.69, 9.17) is 14.2 Å². The Morgan fingerprint density at radius 1 is 1.09 bits per heavy atom. The smallest absolute Gasteiger partial charge is 0.262 e. The molecule has 8 heteroatoms. The molecular formula is C26H26FN3O4. The minimum atomic E-state index is -0.376. The summed E-state index contributed by atoms with van der Waals surface area (Å²) in [6.07, 6.45) is 1.68. The van der Waals surface area contributed by atoms with Crippen LogP contribution in [0.15, 0.2) is 71.7 Å². The average molecular weight is 464 g/mol. The first-order valence-electron chi connectivity index (χ1n) is 10.9. The van der Waals surface area contributed by atoms with Crippen LogP contribution in [0.25, 0.3) is 0 Å². The maximum Gasteiger partial charge on any atom is 0.262 e. The molecule has 1 N–H and O–H groups in total. The maximum absolute atomic E-state index is 13.1. The highest BCUT2D eigenvalue weighted by atomic mass is 19.1. The van der Waals surface area contributed by atoms with Crippen LogP contribution < -0.4 is 19.7 Å². The van der Waals surface area contributed by atoms with E-state index in [0.29, 0.717) is 22.7 Å². The largest absolute Gasteiger partial charge is 0.493 e. The summed E-state index contributed by atoms with van der Waals surface area (Å²) in [6.45, 7) is 2.98. The molecule has 0 spiro atoms. The van der Waals surface area contributed by atoms with Crippen LogP contribution in [0.3, 0.4) is 0 Å². The van der Waals surface area contributed by atoms with Gasteiger partial charge in [-0.15, -0.1) is 0 Å². The van der Waals surface area contributed by atoms with Gasteiger partial charge in [-0.25, -0.2) is 4.39 Å². The Morgan fingerprint density at radius 2 is 1.82 bits per heavy atom. The second kappa shape index (κ2) is 11.3. The first-order valence-corrected chi connectivity index (χ1v) is 10.9. The minimum absolute atomic E-state index is 0.243. The van der Waals surface area contributed by atoms with E-state index in [0.717, 1.165) is 37.7 Å². The molecule has 7 nitrogen and oxygen atoms in total. The van der Waals surface area contributed by atoms with E-state index in [1.54, 1.807) is 12.3 Å². The molecule has 1 saturated heterocycles. The standard InChI is InChI=1S/C26H26FN3O4/c1-32-24-4-2-3-19(26(24)34-18-25(31)29-22-7-5-20(27)6-8-22)17-28-21-9-11-23(12-10-21)30-13-15-33-16-14-30/h2-12,17H,13-16,18H2,1H3,(H,29,31). The fourth-order valence-electron chi connectivity index (χ4n) is 3.53. The van der Waals surface area contributed by atoms with Crippen LogP contribution in [-0.4, -0.2) is 52.1 Å². The molecule has 1 amide bonds. The Kier molecular flexibility index (Phi) is 7.72. The molecule has 0 aromatic heterocycles. The van der Waals surface area contributed by atoms with Gasteiger partial charge in [0.2, 0.25) is 0 Å². The molecule has 0 bridgehead atoms. The van der Waals surface area contributed by atoms with Crippen LogP contribution in [0.5, 0.6) is 11.5 Å². The molecule has 0 saturated carbocycles. The monoisotopic (exact) mass is 463 g/mol. The van der Waals surface area contributed by atoms with Crippen LogP contribution >= 0.6 is 0 Å². The number of hydrogen-bond donors (Lipinski definition) is 1. The number of ether oxygens (including phenoxy) is 3. The molecule has 1 heterocycles. The summed E-state index contributed by atoms with van der Waals surface area (Å²) in [7, 11) is 1.53. The molecule has 0 unspecified atom stereocenters. The zero-order valence-electron chi connectivity index (χ0n) is 18.9. The van der Waals surface area contributed by atoms with Gasteiger partial charge in [0.15, 0.2) is 18.1 Å². The molecule has 176 valence electrons. The Bertz CT molecular complexity index is 1130. The first kappa shape index (κ1) is 23.3. The number of halogens is 1. The van der Waals surface area contributed by atoms with E-state index in [9.17, 15) is 9.18 Å². The maximum atomic E-state index is 13.1. The lowest BCUT2D eigenvalue weighted by molar-refractivity contribution is -0.118. The fourth-order valence-corrected chi connectivity index (χ4v) is 3.53.